The van der Waals surface area contributed by atoms with Crippen molar-refractivity contribution in [3.63, 3.8) is 0 Å². The molecule has 0 unspecified atom stereocenters. The third kappa shape index (κ3) is 4.65. The zero-order chi connectivity index (χ0) is 23.5. The fourth-order valence-corrected chi connectivity index (χ4v) is 4.35. The lowest BCUT2D eigenvalue weighted by Gasteiger charge is -2.19. The van der Waals surface area contributed by atoms with Crippen LogP contribution in [0.4, 0.5) is 14.5 Å². The van der Waals surface area contributed by atoms with Crippen LogP contribution in [0.1, 0.15) is 41.7 Å². The van der Waals surface area contributed by atoms with Gasteiger partial charge in [0, 0.05) is 29.9 Å². The number of nitrogens with one attached hydrogen (secondary N) is 2. The lowest BCUT2D eigenvalue weighted by Crippen LogP contribution is -2.24. The minimum absolute atomic E-state index is 0.0427. The molecule has 9 heteroatoms. The lowest BCUT2D eigenvalue weighted by atomic mass is 10.0. The van der Waals surface area contributed by atoms with Gasteiger partial charge in [-0.15, -0.1) is 0 Å². The Labute approximate surface area is 195 Å². The van der Waals surface area contributed by atoms with E-state index in [1.54, 1.807) is 6.20 Å². The average Bonchev–Trinajstić information content (AvgIpc) is 3.10. The summed E-state index contributed by atoms with van der Waals surface area (Å²) in [7, 11) is 0. The topological polar surface area (TPSA) is 86.8 Å². The van der Waals surface area contributed by atoms with Crippen molar-refractivity contribution >= 4 is 22.5 Å². The van der Waals surface area contributed by atoms with Gasteiger partial charge in [-0.1, -0.05) is 18.9 Å². The standard InChI is InChI=1S/C25H24F2N6O/c26-20-13-29-14-21(27)24(20)30-25(34)23-19-10-17(5-6-22(19)31-32-23)18-9-16(11-28-12-18)15-33-7-3-1-2-4-8-33/h5-6,9-14H,1-4,7-8,15H2,(H,31,32)(H,29,30,34). The number of anilines is 1. The van der Waals surface area contributed by atoms with Crippen LogP contribution < -0.4 is 5.32 Å². The summed E-state index contributed by atoms with van der Waals surface area (Å²) in [6.07, 6.45) is 10.4. The summed E-state index contributed by atoms with van der Waals surface area (Å²) < 4.78 is 27.8. The number of hydrogen-bond donors (Lipinski definition) is 2. The Balaban J connectivity index is 1.41. The Morgan fingerprint density at radius 3 is 2.44 bits per heavy atom. The molecule has 174 valence electrons. The van der Waals surface area contributed by atoms with Crippen LogP contribution in [0, 0.1) is 11.6 Å². The van der Waals surface area contributed by atoms with Gasteiger partial charge in [0.15, 0.2) is 17.3 Å². The van der Waals surface area contributed by atoms with E-state index in [0.717, 1.165) is 48.7 Å². The highest BCUT2D eigenvalue weighted by molar-refractivity contribution is 6.11. The molecule has 0 radical (unpaired) electrons. The fraction of sp³-hybridized carbons (Fsp3) is 0.280. The molecule has 34 heavy (non-hydrogen) atoms. The zero-order valence-electron chi connectivity index (χ0n) is 18.5. The van der Waals surface area contributed by atoms with Crippen LogP contribution in [-0.2, 0) is 6.54 Å². The van der Waals surface area contributed by atoms with Crippen LogP contribution in [0.5, 0.6) is 0 Å². The maximum atomic E-state index is 13.9. The molecule has 3 aromatic heterocycles. The number of fused-ring (bicyclic) bond motifs is 1. The van der Waals surface area contributed by atoms with Crippen LogP contribution in [0.25, 0.3) is 22.0 Å². The van der Waals surface area contributed by atoms with Crippen LogP contribution in [0.15, 0.2) is 49.1 Å². The molecule has 1 aliphatic rings. The smallest absolute Gasteiger partial charge is 0.276 e. The van der Waals surface area contributed by atoms with Gasteiger partial charge in [0.25, 0.3) is 5.91 Å². The molecule has 0 spiro atoms. The number of carbonyl (C=O) groups excluding carboxylic acids is 1. The number of H-pyrrole nitrogens is 1. The molecule has 4 aromatic rings. The third-order valence-corrected chi connectivity index (χ3v) is 6.10. The number of rotatable bonds is 5. The van der Waals surface area contributed by atoms with Gasteiger partial charge in [0.05, 0.1) is 17.9 Å². The zero-order valence-corrected chi connectivity index (χ0v) is 18.5. The van der Waals surface area contributed by atoms with E-state index in [2.05, 4.69) is 36.4 Å². The van der Waals surface area contributed by atoms with Crippen LogP contribution in [-0.4, -0.2) is 44.1 Å². The van der Waals surface area contributed by atoms with Gasteiger partial charge in [0.2, 0.25) is 0 Å². The number of aromatic nitrogens is 4. The van der Waals surface area contributed by atoms with E-state index in [1.165, 1.54) is 25.7 Å². The first-order valence-corrected chi connectivity index (χ1v) is 11.3. The summed E-state index contributed by atoms with van der Waals surface area (Å²) in [5.74, 6) is -2.64. The second-order valence-corrected chi connectivity index (χ2v) is 8.54. The number of halogens is 2. The first-order chi connectivity index (χ1) is 16.6. The van der Waals surface area contributed by atoms with Crippen molar-refractivity contribution in [2.75, 3.05) is 18.4 Å². The van der Waals surface area contributed by atoms with E-state index in [9.17, 15) is 13.6 Å². The highest BCUT2D eigenvalue weighted by Gasteiger charge is 2.19. The maximum Gasteiger partial charge on any atom is 0.276 e. The molecule has 1 amide bonds. The SMILES string of the molecule is O=C(Nc1c(F)cncc1F)c1n[nH]c2ccc(-c3cncc(CN4CCCCCC4)c3)cc12. The number of nitrogens with zero attached hydrogens (tertiary/aromatic N) is 4. The highest BCUT2D eigenvalue weighted by atomic mass is 19.1. The van der Waals surface area contributed by atoms with Crippen LogP contribution in [0.3, 0.4) is 0 Å². The quantitative estimate of drug-likeness (QED) is 0.439. The van der Waals surface area contributed by atoms with E-state index < -0.39 is 23.2 Å². The van der Waals surface area contributed by atoms with Gasteiger partial charge < -0.3 is 5.32 Å². The van der Waals surface area contributed by atoms with Crippen LogP contribution >= 0.6 is 0 Å². The number of benzene rings is 1. The van der Waals surface area contributed by atoms with Crippen molar-refractivity contribution in [2.45, 2.75) is 32.2 Å². The Morgan fingerprint density at radius 1 is 0.941 bits per heavy atom. The van der Waals surface area contributed by atoms with Crippen molar-refractivity contribution in [1.29, 1.82) is 0 Å². The summed E-state index contributed by atoms with van der Waals surface area (Å²) in [5, 5.41) is 9.68. The number of hydrogen-bond acceptors (Lipinski definition) is 5. The molecular formula is C25H24F2N6O. The first-order valence-electron chi connectivity index (χ1n) is 11.3. The Morgan fingerprint density at radius 2 is 1.68 bits per heavy atom. The molecule has 4 heterocycles. The Bertz CT molecular complexity index is 1310. The number of likely N-dealkylation sites (tertiary alicyclic amines) is 1. The molecule has 0 saturated carbocycles. The maximum absolute atomic E-state index is 13.9. The largest absolute Gasteiger partial charge is 0.316 e. The predicted octanol–water partition coefficient (Wildman–Crippen LogP) is 4.93. The van der Waals surface area contributed by atoms with E-state index in [1.807, 2.05) is 24.4 Å². The second kappa shape index (κ2) is 9.64. The van der Waals surface area contributed by atoms with E-state index in [0.29, 0.717) is 10.9 Å². The molecule has 7 nitrogen and oxygen atoms in total. The number of pyridine rings is 2. The van der Waals surface area contributed by atoms with Crippen molar-refractivity contribution < 1.29 is 13.6 Å². The third-order valence-electron chi connectivity index (χ3n) is 6.10. The molecule has 1 saturated heterocycles. The summed E-state index contributed by atoms with van der Waals surface area (Å²) in [6.45, 7) is 3.05. The normalized spacial score (nSPS) is 14.8. The molecule has 2 N–H and O–H groups in total. The Hall–Kier alpha value is -3.72. The lowest BCUT2D eigenvalue weighted by molar-refractivity contribution is 0.102. The Kier molecular flexibility index (Phi) is 6.27. The monoisotopic (exact) mass is 462 g/mol. The second-order valence-electron chi connectivity index (χ2n) is 8.54. The predicted molar refractivity (Wildman–Crippen MR) is 125 cm³/mol. The van der Waals surface area contributed by atoms with Crippen molar-refractivity contribution in [3.05, 3.63) is 71.9 Å². The molecule has 0 bridgehead atoms. The fourth-order valence-electron chi connectivity index (χ4n) is 4.35. The number of aromatic amines is 1. The summed E-state index contributed by atoms with van der Waals surface area (Å²) >= 11 is 0. The molecule has 1 aromatic carbocycles. The number of carbonyl (C=O) groups is 1. The van der Waals surface area contributed by atoms with Crippen molar-refractivity contribution in [1.82, 2.24) is 25.1 Å². The molecule has 0 aliphatic carbocycles. The molecule has 5 rings (SSSR count). The first kappa shape index (κ1) is 22.1. The van der Waals surface area contributed by atoms with Crippen molar-refractivity contribution in [3.8, 4) is 11.1 Å². The van der Waals surface area contributed by atoms with Crippen molar-refractivity contribution in [2.24, 2.45) is 0 Å². The number of amides is 1. The van der Waals surface area contributed by atoms with Crippen LogP contribution in [0.2, 0.25) is 0 Å². The van der Waals surface area contributed by atoms with E-state index in [-0.39, 0.29) is 5.69 Å². The molecule has 0 atom stereocenters. The van der Waals surface area contributed by atoms with Gasteiger partial charge in [-0.25, -0.2) is 8.78 Å². The summed E-state index contributed by atoms with van der Waals surface area (Å²) in [6, 6.07) is 7.70. The minimum Gasteiger partial charge on any atom is -0.316 e. The average molecular weight is 463 g/mol. The highest BCUT2D eigenvalue weighted by Crippen LogP contribution is 2.27. The van der Waals surface area contributed by atoms with Gasteiger partial charge >= 0.3 is 0 Å². The summed E-state index contributed by atoms with van der Waals surface area (Å²) in [4.78, 5) is 23.1. The molecular weight excluding hydrogens is 438 g/mol. The minimum atomic E-state index is -0.957. The van der Waals surface area contributed by atoms with E-state index >= 15 is 0 Å². The summed E-state index contributed by atoms with van der Waals surface area (Å²) in [5.41, 5.74) is 3.05. The molecule has 1 fully saturated rings. The van der Waals surface area contributed by atoms with Gasteiger partial charge in [-0.05, 0) is 55.3 Å². The van der Waals surface area contributed by atoms with Gasteiger partial charge in [-0.3, -0.25) is 24.8 Å². The molecule has 1 aliphatic heterocycles. The van der Waals surface area contributed by atoms with Gasteiger partial charge in [0.1, 0.15) is 5.69 Å². The van der Waals surface area contributed by atoms with Gasteiger partial charge in [-0.2, -0.15) is 5.10 Å². The van der Waals surface area contributed by atoms with E-state index in [4.69, 9.17) is 0 Å².